The number of nitro groups is 1. The Morgan fingerprint density at radius 3 is 2.46 bits per heavy atom. The third-order valence-electron chi connectivity index (χ3n) is 4.28. The maximum absolute atomic E-state index is 12.9. The molecule has 0 aliphatic carbocycles. The standard InChI is InChI=1S/C15H20N2O6S/c1-9-4-12(15(18)19)8-16(7-9)24(22,23)14-6-10(2)13(17(20)21)5-11(14)3/h5-6,9,12H,4,7-8H2,1-3H3,(H,18,19). The third kappa shape index (κ3) is 3.41. The number of hydrogen-bond acceptors (Lipinski definition) is 5. The number of aliphatic carboxylic acids is 1. The van der Waals surface area contributed by atoms with Crippen molar-refractivity contribution in [3.8, 4) is 0 Å². The van der Waals surface area contributed by atoms with Crippen LogP contribution >= 0.6 is 0 Å². The first-order valence-electron chi connectivity index (χ1n) is 7.52. The largest absolute Gasteiger partial charge is 0.481 e. The van der Waals surface area contributed by atoms with Gasteiger partial charge >= 0.3 is 5.97 Å². The molecule has 1 heterocycles. The molecular weight excluding hydrogens is 336 g/mol. The van der Waals surface area contributed by atoms with Crippen molar-refractivity contribution in [2.75, 3.05) is 13.1 Å². The van der Waals surface area contributed by atoms with Gasteiger partial charge in [-0.05, 0) is 37.8 Å². The van der Waals surface area contributed by atoms with E-state index in [0.29, 0.717) is 6.42 Å². The third-order valence-corrected chi connectivity index (χ3v) is 6.26. The molecule has 24 heavy (non-hydrogen) atoms. The van der Waals surface area contributed by atoms with Crippen LogP contribution in [-0.2, 0) is 14.8 Å². The van der Waals surface area contributed by atoms with Crippen LogP contribution in [0.2, 0.25) is 0 Å². The fourth-order valence-electron chi connectivity index (χ4n) is 3.07. The van der Waals surface area contributed by atoms with E-state index in [1.807, 2.05) is 6.92 Å². The van der Waals surface area contributed by atoms with E-state index in [2.05, 4.69) is 0 Å². The van der Waals surface area contributed by atoms with E-state index in [0.717, 1.165) is 0 Å². The van der Waals surface area contributed by atoms with Crippen molar-refractivity contribution in [2.24, 2.45) is 11.8 Å². The molecule has 0 saturated carbocycles. The second kappa shape index (κ2) is 6.48. The van der Waals surface area contributed by atoms with Crippen LogP contribution in [0.1, 0.15) is 24.5 Å². The Kier molecular flexibility index (Phi) is 4.95. The SMILES string of the molecule is Cc1cc(S(=O)(=O)N2CC(C)CC(C(=O)O)C2)c(C)cc1[N+](=O)[O-]. The molecule has 0 aromatic heterocycles. The zero-order chi connectivity index (χ0) is 18.2. The molecule has 1 aromatic rings. The lowest BCUT2D eigenvalue weighted by molar-refractivity contribution is -0.385. The molecule has 1 aliphatic heterocycles. The summed E-state index contributed by atoms with van der Waals surface area (Å²) in [4.78, 5) is 21.7. The second-order valence-electron chi connectivity index (χ2n) is 6.36. The van der Waals surface area contributed by atoms with Gasteiger partial charge in [0.25, 0.3) is 5.69 Å². The van der Waals surface area contributed by atoms with Crippen LogP contribution in [0.15, 0.2) is 17.0 Å². The summed E-state index contributed by atoms with van der Waals surface area (Å²) >= 11 is 0. The summed E-state index contributed by atoms with van der Waals surface area (Å²) in [6.45, 7) is 4.95. The molecule has 1 aliphatic rings. The molecule has 2 rings (SSSR count). The molecule has 1 N–H and O–H groups in total. The minimum Gasteiger partial charge on any atom is -0.481 e. The molecule has 1 aromatic carbocycles. The van der Waals surface area contributed by atoms with E-state index in [1.54, 1.807) is 0 Å². The minimum atomic E-state index is -3.91. The molecule has 1 saturated heterocycles. The number of carboxylic acid groups (broad SMARTS) is 1. The van der Waals surface area contributed by atoms with Gasteiger partial charge in [-0.3, -0.25) is 14.9 Å². The van der Waals surface area contributed by atoms with Gasteiger partial charge in [-0.1, -0.05) is 6.92 Å². The van der Waals surface area contributed by atoms with Crippen LogP contribution in [-0.4, -0.2) is 41.8 Å². The Bertz CT molecular complexity index is 789. The predicted octanol–water partition coefficient (Wildman–Crippen LogP) is 1.94. The van der Waals surface area contributed by atoms with Crippen LogP contribution in [0.3, 0.4) is 0 Å². The van der Waals surface area contributed by atoms with E-state index < -0.39 is 26.8 Å². The number of nitro benzene ring substituents is 1. The molecule has 0 spiro atoms. The van der Waals surface area contributed by atoms with Crippen molar-refractivity contribution in [3.05, 3.63) is 33.4 Å². The van der Waals surface area contributed by atoms with E-state index in [-0.39, 0.29) is 40.7 Å². The number of carboxylic acids is 1. The van der Waals surface area contributed by atoms with Crippen LogP contribution in [0, 0.1) is 35.8 Å². The maximum Gasteiger partial charge on any atom is 0.307 e. The Morgan fingerprint density at radius 2 is 1.92 bits per heavy atom. The monoisotopic (exact) mass is 356 g/mol. The van der Waals surface area contributed by atoms with Gasteiger partial charge in [0.05, 0.1) is 15.7 Å². The van der Waals surface area contributed by atoms with Crippen molar-refractivity contribution in [1.82, 2.24) is 4.31 Å². The molecule has 0 bridgehead atoms. The molecule has 2 atom stereocenters. The topological polar surface area (TPSA) is 118 Å². The molecule has 1 fully saturated rings. The molecule has 2 unspecified atom stereocenters. The van der Waals surface area contributed by atoms with Gasteiger partial charge in [0.15, 0.2) is 0 Å². The van der Waals surface area contributed by atoms with Gasteiger partial charge in [0.2, 0.25) is 10.0 Å². The number of rotatable bonds is 4. The van der Waals surface area contributed by atoms with Gasteiger partial charge in [0, 0.05) is 24.7 Å². The van der Waals surface area contributed by atoms with Gasteiger partial charge in [-0.25, -0.2) is 8.42 Å². The van der Waals surface area contributed by atoms with E-state index in [9.17, 15) is 28.4 Å². The molecule has 0 amide bonds. The van der Waals surface area contributed by atoms with Crippen LogP contribution in [0.5, 0.6) is 0 Å². The molecule has 8 nitrogen and oxygen atoms in total. The Balaban J connectivity index is 2.45. The number of carbonyl (C=O) groups is 1. The van der Waals surface area contributed by atoms with Crippen LogP contribution < -0.4 is 0 Å². The zero-order valence-electron chi connectivity index (χ0n) is 13.7. The summed E-state index contributed by atoms with van der Waals surface area (Å²) in [5.41, 5.74) is 0.392. The summed E-state index contributed by atoms with van der Waals surface area (Å²) in [6.07, 6.45) is 0.430. The Morgan fingerprint density at radius 1 is 1.29 bits per heavy atom. The maximum atomic E-state index is 12.9. The fourth-order valence-corrected chi connectivity index (χ4v) is 4.96. The molecular formula is C15H20N2O6S. The fraction of sp³-hybridized carbons (Fsp3) is 0.533. The number of aryl methyl sites for hydroxylation is 2. The highest BCUT2D eigenvalue weighted by atomic mass is 32.2. The smallest absolute Gasteiger partial charge is 0.307 e. The highest BCUT2D eigenvalue weighted by molar-refractivity contribution is 7.89. The summed E-state index contributed by atoms with van der Waals surface area (Å²) in [5.74, 6) is -1.84. The first kappa shape index (κ1) is 18.3. The number of piperidine rings is 1. The van der Waals surface area contributed by atoms with E-state index in [1.165, 1.54) is 30.3 Å². The van der Waals surface area contributed by atoms with Crippen molar-refractivity contribution < 1.29 is 23.2 Å². The highest BCUT2D eigenvalue weighted by Gasteiger charge is 2.37. The average Bonchev–Trinajstić information content (AvgIpc) is 2.48. The van der Waals surface area contributed by atoms with Crippen molar-refractivity contribution in [2.45, 2.75) is 32.1 Å². The lowest BCUT2D eigenvalue weighted by atomic mass is 9.92. The van der Waals surface area contributed by atoms with E-state index in [4.69, 9.17) is 0 Å². The molecule has 132 valence electrons. The Hall–Kier alpha value is -2.00. The minimum absolute atomic E-state index is 0.0103. The van der Waals surface area contributed by atoms with Crippen LogP contribution in [0.4, 0.5) is 5.69 Å². The summed E-state index contributed by atoms with van der Waals surface area (Å²) in [7, 11) is -3.91. The van der Waals surface area contributed by atoms with Crippen LogP contribution in [0.25, 0.3) is 0 Å². The quantitative estimate of drug-likeness (QED) is 0.650. The lowest BCUT2D eigenvalue weighted by Crippen LogP contribution is -2.45. The summed E-state index contributed by atoms with van der Waals surface area (Å²) in [5, 5.41) is 20.2. The first-order valence-corrected chi connectivity index (χ1v) is 8.96. The number of benzene rings is 1. The van der Waals surface area contributed by atoms with Crippen molar-refractivity contribution >= 4 is 21.7 Å². The van der Waals surface area contributed by atoms with Crippen molar-refractivity contribution in [3.63, 3.8) is 0 Å². The molecule has 0 radical (unpaired) electrons. The van der Waals surface area contributed by atoms with E-state index >= 15 is 0 Å². The Labute approximate surface area is 140 Å². The molecule has 9 heteroatoms. The summed E-state index contributed by atoms with van der Waals surface area (Å²) < 4.78 is 27.0. The lowest BCUT2D eigenvalue weighted by Gasteiger charge is -2.34. The predicted molar refractivity (Wildman–Crippen MR) is 86.2 cm³/mol. The number of nitrogens with zero attached hydrogens (tertiary/aromatic N) is 2. The average molecular weight is 356 g/mol. The van der Waals surface area contributed by atoms with Gasteiger partial charge < -0.3 is 5.11 Å². The zero-order valence-corrected chi connectivity index (χ0v) is 14.5. The summed E-state index contributed by atoms with van der Waals surface area (Å²) in [6, 6.07) is 2.53. The van der Waals surface area contributed by atoms with Gasteiger partial charge in [-0.15, -0.1) is 0 Å². The van der Waals surface area contributed by atoms with Gasteiger partial charge in [-0.2, -0.15) is 4.31 Å². The second-order valence-corrected chi connectivity index (χ2v) is 8.27. The normalized spacial score (nSPS) is 22.3. The van der Waals surface area contributed by atoms with Crippen molar-refractivity contribution in [1.29, 1.82) is 0 Å². The number of hydrogen-bond donors (Lipinski definition) is 1. The highest BCUT2D eigenvalue weighted by Crippen LogP contribution is 2.31. The number of sulfonamides is 1. The van der Waals surface area contributed by atoms with Gasteiger partial charge in [0.1, 0.15) is 0 Å². The first-order chi connectivity index (χ1) is 11.0.